The van der Waals surface area contributed by atoms with Crippen LogP contribution in [0.4, 0.5) is 5.69 Å². The van der Waals surface area contributed by atoms with E-state index in [0.717, 1.165) is 63.4 Å². The second-order valence-electron chi connectivity index (χ2n) is 11.0. The van der Waals surface area contributed by atoms with Crippen molar-refractivity contribution in [3.8, 4) is 5.75 Å². The van der Waals surface area contributed by atoms with Gasteiger partial charge in [0, 0.05) is 64.4 Å². The van der Waals surface area contributed by atoms with Gasteiger partial charge in [0.1, 0.15) is 5.75 Å². The lowest BCUT2D eigenvalue weighted by Gasteiger charge is -2.32. The summed E-state index contributed by atoms with van der Waals surface area (Å²) in [5.74, 6) is 1.46. The van der Waals surface area contributed by atoms with Gasteiger partial charge in [-0.05, 0) is 57.5 Å². The van der Waals surface area contributed by atoms with Gasteiger partial charge < -0.3 is 34.8 Å². The highest BCUT2D eigenvalue weighted by Gasteiger charge is 2.31. The Morgan fingerprint density at radius 2 is 1.85 bits per heavy atom. The average Bonchev–Trinajstić information content (AvgIpc) is 3.50. The number of guanidine groups is 1. The number of rotatable bonds is 9. The number of aliphatic imine (C=N–C) groups is 2. The summed E-state index contributed by atoms with van der Waals surface area (Å²) in [6.45, 7) is 9.79. The van der Waals surface area contributed by atoms with E-state index in [2.05, 4.69) is 32.1 Å². The number of carbonyl (C=O) groups excluding carboxylic acids is 2. The van der Waals surface area contributed by atoms with Crippen molar-refractivity contribution >= 4 is 30.2 Å². The smallest absolute Gasteiger partial charge is 0.251 e. The highest BCUT2D eigenvalue weighted by molar-refractivity contribution is 6.00. The number of piperidine rings is 1. The fraction of sp³-hybridized carbons (Fsp3) is 0.600. The number of ether oxygens (including phenoxy) is 2. The Kier molecular flexibility index (Phi) is 10.8. The summed E-state index contributed by atoms with van der Waals surface area (Å²) in [5.41, 5.74) is 1.92. The third kappa shape index (κ3) is 7.65. The molecule has 1 saturated heterocycles. The van der Waals surface area contributed by atoms with Crippen molar-refractivity contribution in [2.24, 2.45) is 9.98 Å². The van der Waals surface area contributed by atoms with Gasteiger partial charge in [0.25, 0.3) is 5.91 Å². The summed E-state index contributed by atoms with van der Waals surface area (Å²) in [5, 5.41) is 6.40. The Hall–Kier alpha value is -3.44. The van der Waals surface area contributed by atoms with Crippen molar-refractivity contribution in [2.45, 2.75) is 64.0 Å². The van der Waals surface area contributed by atoms with E-state index in [0.29, 0.717) is 42.0 Å². The van der Waals surface area contributed by atoms with E-state index in [1.807, 2.05) is 6.92 Å². The molecule has 2 amide bonds. The number of likely N-dealkylation sites (tertiary alicyclic amines) is 1. The maximum absolute atomic E-state index is 13.1. The molecule has 41 heavy (non-hydrogen) atoms. The number of amides is 2. The van der Waals surface area contributed by atoms with Crippen molar-refractivity contribution in [2.75, 3.05) is 59.4 Å². The predicted octanol–water partition coefficient (Wildman–Crippen LogP) is 3.30. The molecule has 224 valence electrons. The van der Waals surface area contributed by atoms with Crippen LogP contribution in [0.25, 0.3) is 0 Å². The molecule has 2 aliphatic heterocycles. The number of nitrogens with zero attached hydrogens (tertiary/aromatic N) is 5. The Labute approximate surface area is 243 Å². The van der Waals surface area contributed by atoms with Crippen LogP contribution < -0.4 is 15.4 Å². The van der Waals surface area contributed by atoms with Crippen molar-refractivity contribution in [3.05, 3.63) is 35.3 Å². The number of anilines is 1. The largest absolute Gasteiger partial charge is 0.495 e. The number of methoxy groups -OCH3 is 2. The van der Waals surface area contributed by atoms with Gasteiger partial charge in [-0.25, -0.2) is 4.99 Å². The number of hydrogen-bond donors (Lipinski definition) is 2. The van der Waals surface area contributed by atoms with Gasteiger partial charge in [0.05, 0.1) is 25.1 Å². The van der Waals surface area contributed by atoms with E-state index in [-0.39, 0.29) is 17.9 Å². The van der Waals surface area contributed by atoms with Crippen LogP contribution in [0.2, 0.25) is 0 Å². The third-order valence-electron chi connectivity index (χ3n) is 8.41. The van der Waals surface area contributed by atoms with E-state index in [1.54, 1.807) is 44.4 Å². The minimum atomic E-state index is -0.125. The van der Waals surface area contributed by atoms with Crippen LogP contribution >= 0.6 is 0 Å². The van der Waals surface area contributed by atoms with Crippen LogP contribution in [0, 0.1) is 0 Å². The Morgan fingerprint density at radius 1 is 1.12 bits per heavy atom. The van der Waals surface area contributed by atoms with Crippen LogP contribution in [0.3, 0.4) is 0 Å². The van der Waals surface area contributed by atoms with Crippen LogP contribution in [-0.2, 0) is 9.53 Å². The quantitative estimate of drug-likeness (QED) is 0.348. The third-order valence-corrected chi connectivity index (χ3v) is 8.41. The number of carbonyl (C=O) groups is 2. The number of benzene rings is 1. The molecule has 2 N–H and O–H groups in total. The van der Waals surface area contributed by atoms with Crippen molar-refractivity contribution in [1.82, 2.24) is 20.0 Å². The van der Waals surface area contributed by atoms with Crippen LogP contribution in [0.5, 0.6) is 5.75 Å². The molecule has 0 bridgehead atoms. The molecule has 1 aliphatic carbocycles. The zero-order valence-corrected chi connectivity index (χ0v) is 24.9. The molecule has 1 saturated carbocycles. The molecule has 1 aromatic carbocycles. The summed E-state index contributed by atoms with van der Waals surface area (Å²) in [6.07, 6.45) is 6.78. The van der Waals surface area contributed by atoms with Crippen LogP contribution in [0.1, 0.15) is 62.2 Å². The van der Waals surface area contributed by atoms with Crippen molar-refractivity contribution in [3.63, 3.8) is 0 Å². The fourth-order valence-corrected chi connectivity index (χ4v) is 5.80. The maximum Gasteiger partial charge on any atom is 0.251 e. The summed E-state index contributed by atoms with van der Waals surface area (Å²) in [4.78, 5) is 41.0. The number of nitrogens with one attached hydrogen (secondary N) is 2. The first-order valence-electron chi connectivity index (χ1n) is 14.6. The normalized spacial score (nSPS) is 19.9. The monoisotopic (exact) mass is 567 g/mol. The molecule has 2 fully saturated rings. The highest BCUT2D eigenvalue weighted by Crippen LogP contribution is 2.32. The van der Waals surface area contributed by atoms with Gasteiger partial charge >= 0.3 is 0 Å². The molecule has 0 radical (unpaired) electrons. The van der Waals surface area contributed by atoms with Crippen LogP contribution in [0.15, 0.2) is 39.7 Å². The summed E-state index contributed by atoms with van der Waals surface area (Å²) in [6, 6.07) is 5.76. The van der Waals surface area contributed by atoms with E-state index in [1.165, 1.54) is 12.8 Å². The first kappa shape index (κ1) is 30.5. The van der Waals surface area contributed by atoms with Gasteiger partial charge in [0.2, 0.25) is 11.9 Å². The van der Waals surface area contributed by atoms with E-state index >= 15 is 0 Å². The number of hydrogen-bond acceptors (Lipinski definition) is 7. The molecule has 3 aliphatic rings. The first-order valence-corrected chi connectivity index (χ1v) is 14.6. The maximum atomic E-state index is 13.1. The summed E-state index contributed by atoms with van der Waals surface area (Å²) >= 11 is 0. The zero-order valence-electron chi connectivity index (χ0n) is 24.9. The van der Waals surface area contributed by atoms with Crippen LogP contribution in [-0.4, -0.2) is 105 Å². The Balaban J connectivity index is 1.48. The van der Waals surface area contributed by atoms with Crippen molar-refractivity contribution in [1.29, 1.82) is 0 Å². The predicted molar refractivity (Wildman–Crippen MR) is 161 cm³/mol. The first-order chi connectivity index (χ1) is 19.8. The second kappa shape index (κ2) is 14.5. The van der Waals surface area contributed by atoms with E-state index in [4.69, 9.17) is 14.5 Å². The molecule has 4 rings (SSSR count). The molecule has 1 aromatic rings. The minimum Gasteiger partial charge on any atom is -0.495 e. The van der Waals surface area contributed by atoms with Gasteiger partial charge in [-0.1, -0.05) is 12.8 Å². The Morgan fingerprint density at radius 3 is 2.51 bits per heavy atom. The fourth-order valence-electron chi connectivity index (χ4n) is 5.80. The number of allylic oxidation sites excluding steroid dienone is 1. The molecule has 0 unspecified atom stereocenters. The van der Waals surface area contributed by atoms with Crippen molar-refractivity contribution < 1.29 is 19.1 Å². The summed E-state index contributed by atoms with van der Waals surface area (Å²) in [7, 11) is 5.07. The minimum absolute atomic E-state index is 0.0731. The SMILES string of the molecule is C=N/C(=N\C1=C(C)N(C)C(=O)CCN1C1CCCC1)Nc1ccc(C(=O)NC2CCN(CCOC)CC2)cc1OC. The van der Waals surface area contributed by atoms with Gasteiger partial charge in [-0.3, -0.25) is 9.59 Å². The lowest BCUT2D eigenvalue weighted by molar-refractivity contribution is -0.127. The molecule has 0 atom stereocenters. The molecule has 0 aromatic heterocycles. The molecule has 0 spiro atoms. The van der Waals surface area contributed by atoms with E-state index in [9.17, 15) is 9.59 Å². The Bertz CT molecular complexity index is 1150. The molecule has 2 heterocycles. The van der Waals surface area contributed by atoms with Gasteiger partial charge in [-0.15, -0.1) is 0 Å². The molecular weight excluding hydrogens is 522 g/mol. The standard InChI is InChI=1S/C30H45N7O4/c1-21-28(37(24-8-6-7-9-24)17-14-27(38)35(21)3)34-30(31-2)33-25-11-10-22(20-26(25)41-5)29(39)32-23-12-15-36(16-13-23)18-19-40-4/h10-11,20,23-24H,2,6-9,12-19H2,1,3-5H3,(H,32,39)(H,33,34). The highest BCUT2D eigenvalue weighted by atomic mass is 16.5. The zero-order chi connectivity index (χ0) is 29.4. The lowest BCUT2D eigenvalue weighted by atomic mass is 10.0. The molecular formula is C30H45N7O4. The second-order valence-corrected chi connectivity index (χ2v) is 11.0. The van der Waals surface area contributed by atoms with Gasteiger partial charge in [-0.2, -0.15) is 4.99 Å². The average molecular weight is 568 g/mol. The lowest BCUT2D eigenvalue weighted by Crippen LogP contribution is -2.45. The molecule has 11 heteroatoms. The van der Waals surface area contributed by atoms with E-state index < -0.39 is 0 Å². The van der Waals surface area contributed by atoms with Gasteiger partial charge in [0.15, 0.2) is 5.82 Å². The summed E-state index contributed by atoms with van der Waals surface area (Å²) < 4.78 is 10.8. The topological polar surface area (TPSA) is 111 Å². The molecule has 11 nitrogen and oxygen atoms in total.